The third-order valence-electron chi connectivity index (χ3n) is 6.09. The first kappa shape index (κ1) is 24.5. The molecule has 0 spiro atoms. The number of carbonyl (C=O) groups excluding carboxylic acids is 2. The lowest BCUT2D eigenvalue weighted by Crippen LogP contribution is -2.38. The van der Waals surface area contributed by atoms with Crippen LogP contribution < -0.4 is 22.5 Å². The lowest BCUT2D eigenvalue weighted by atomic mass is 9.96. The summed E-state index contributed by atoms with van der Waals surface area (Å²) < 4.78 is 4.08. The van der Waals surface area contributed by atoms with Crippen molar-refractivity contribution in [2.75, 3.05) is 0 Å². The summed E-state index contributed by atoms with van der Waals surface area (Å²) in [6.07, 6.45) is 2.44. The molecular weight excluding hydrogens is 472 g/mol. The molecule has 14 nitrogen and oxygen atoms in total. The van der Waals surface area contributed by atoms with Gasteiger partial charge in [-0.1, -0.05) is 6.92 Å². The van der Waals surface area contributed by atoms with Crippen molar-refractivity contribution < 1.29 is 9.59 Å². The zero-order valence-electron chi connectivity index (χ0n) is 20.2. The van der Waals surface area contributed by atoms with Crippen LogP contribution in [0.15, 0.2) is 31.6 Å². The molecular formula is C22H22N8O6. The number of ketones is 2. The molecule has 1 unspecified atom stereocenters. The molecule has 0 fully saturated rings. The molecule has 4 rings (SSSR count). The van der Waals surface area contributed by atoms with E-state index in [4.69, 9.17) is 0 Å². The predicted molar refractivity (Wildman–Crippen MR) is 127 cm³/mol. The van der Waals surface area contributed by atoms with E-state index in [9.17, 15) is 28.8 Å². The van der Waals surface area contributed by atoms with Crippen LogP contribution in [0, 0.1) is 5.92 Å². The lowest BCUT2D eigenvalue weighted by molar-refractivity contribution is 0.0902. The molecule has 0 radical (unpaired) electrons. The molecule has 0 saturated carbocycles. The molecule has 0 aliphatic heterocycles. The third-order valence-corrected chi connectivity index (χ3v) is 6.09. The van der Waals surface area contributed by atoms with Crippen LogP contribution in [-0.2, 0) is 28.2 Å². The molecule has 0 bridgehead atoms. The first-order valence-electron chi connectivity index (χ1n) is 10.9. The number of Topliss-reactive ketones (excluding diaryl/α,β-unsaturated/α-hetero) is 2. The van der Waals surface area contributed by atoms with E-state index >= 15 is 0 Å². The smallest absolute Gasteiger partial charge is 0.292 e. The molecule has 0 aliphatic carbocycles. The van der Waals surface area contributed by atoms with Gasteiger partial charge in [-0.15, -0.1) is 0 Å². The minimum atomic E-state index is -0.670. The fourth-order valence-corrected chi connectivity index (χ4v) is 3.78. The number of fused-ring (bicyclic) bond motifs is 2. The normalized spacial score (nSPS) is 12.2. The summed E-state index contributed by atoms with van der Waals surface area (Å²) in [6, 6.07) is 0. The molecule has 0 aromatic carbocycles. The second-order valence-corrected chi connectivity index (χ2v) is 8.49. The molecule has 4 heterocycles. The maximum Gasteiger partial charge on any atom is 0.332 e. The fourth-order valence-electron chi connectivity index (χ4n) is 3.78. The summed E-state index contributed by atoms with van der Waals surface area (Å²) in [5.41, 5.74) is -2.71. The van der Waals surface area contributed by atoms with E-state index in [1.165, 1.54) is 40.6 Å². The number of nitrogens with zero attached hydrogens (tertiary/aromatic N) is 8. The Morgan fingerprint density at radius 3 is 1.69 bits per heavy atom. The Hall–Kier alpha value is -4.62. The van der Waals surface area contributed by atoms with Crippen molar-refractivity contribution >= 4 is 33.9 Å². The molecule has 14 heteroatoms. The maximum absolute atomic E-state index is 12.9. The zero-order valence-corrected chi connectivity index (χ0v) is 20.2. The van der Waals surface area contributed by atoms with Crippen LogP contribution in [0.5, 0.6) is 0 Å². The standard InChI is InChI=1S/C22H22N8O6/c1-10(16(32)12-9-24-18-15(26-12)20(34)30(5)22(36)28(18)3)6-7-13(31)11-8-23-17-14(25-11)19(33)29(4)21(35)27(17)2/h8-10H,6-7H2,1-5H3. The van der Waals surface area contributed by atoms with Gasteiger partial charge in [0.25, 0.3) is 11.1 Å². The van der Waals surface area contributed by atoms with Crippen LogP contribution >= 0.6 is 0 Å². The molecule has 0 aliphatic rings. The molecule has 4 aromatic rings. The molecule has 4 aromatic heterocycles. The summed E-state index contributed by atoms with van der Waals surface area (Å²) in [5.74, 6) is -1.52. The average molecular weight is 494 g/mol. The van der Waals surface area contributed by atoms with Crippen LogP contribution in [0.4, 0.5) is 0 Å². The first-order valence-corrected chi connectivity index (χ1v) is 10.9. The average Bonchev–Trinajstić information content (AvgIpc) is 2.89. The van der Waals surface area contributed by atoms with Crippen molar-refractivity contribution in [2.24, 2.45) is 34.1 Å². The van der Waals surface area contributed by atoms with E-state index < -0.39 is 40.0 Å². The Bertz CT molecular complexity index is 1830. The highest BCUT2D eigenvalue weighted by molar-refractivity contribution is 5.98. The van der Waals surface area contributed by atoms with Crippen molar-refractivity contribution in [1.29, 1.82) is 0 Å². The summed E-state index contributed by atoms with van der Waals surface area (Å²) >= 11 is 0. The Balaban J connectivity index is 1.56. The van der Waals surface area contributed by atoms with Crippen LogP contribution in [-0.4, -0.2) is 49.8 Å². The van der Waals surface area contributed by atoms with Gasteiger partial charge in [-0.05, 0) is 6.42 Å². The number of hydrogen-bond acceptors (Lipinski definition) is 10. The summed E-state index contributed by atoms with van der Waals surface area (Å²) in [6.45, 7) is 1.61. The SMILES string of the molecule is CC(CCC(=O)c1cnc2c(n1)c(=O)n(C)c(=O)n2C)C(=O)c1cnc2c(n1)c(=O)n(C)c(=O)n2C. The minimum absolute atomic E-state index is 0.0565. The monoisotopic (exact) mass is 494 g/mol. The van der Waals surface area contributed by atoms with Crippen LogP contribution in [0.1, 0.15) is 40.7 Å². The largest absolute Gasteiger partial charge is 0.332 e. The second kappa shape index (κ2) is 8.87. The molecule has 1 atom stereocenters. The molecule has 36 heavy (non-hydrogen) atoms. The summed E-state index contributed by atoms with van der Waals surface area (Å²) in [5, 5.41) is 0. The molecule has 0 N–H and O–H groups in total. The highest BCUT2D eigenvalue weighted by atomic mass is 16.2. The summed E-state index contributed by atoms with van der Waals surface area (Å²) in [4.78, 5) is 90.9. The van der Waals surface area contributed by atoms with E-state index in [2.05, 4.69) is 19.9 Å². The Kier molecular flexibility index (Phi) is 6.04. The van der Waals surface area contributed by atoms with Crippen molar-refractivity contribution in [3.05, 3.63) is 65.5 Å². The van der Waals surface area contributed by atoms with Crippen LogP contribution in [0.25, 0.3) is 22.3 Å². The van der Waals surface area contributed by atoms with Gasteiger partial charge in [0.05, 0.1) is 12.4 Å². The number of aromatic nitrogens is 8. The molecule has 186 valence electrons. The lowest BCUT2D eigenvalue weighted by Gasteiger charge is -2.11. The van der Waals surface area contributed by atoms with Gasteiger partial charge in [0, 0.05) is 40.5 Å². The number of hydrogen-bond donors (Lipinski definition) is 0. The number of aryl methyl sites for hydroxylation is 2. The fraction of sp³-hybridized carbons (Fsp3) is 0.364. The van der Waals surface area contributed by atoms with Gasteiger partial charge in [-0.25, -0.2) is 29.5 Å². The van der Waals surface area contributed by atoms with Crippen LogP contribution in [0.2, 0.25) is 0 Å². The van der Waals surface area contributed by atoms with Crippen molar-refractivity contribution in [1.82, 2.24) is 38.2 Å². The minimum Gasteiger partial charge on any atom is -0.292 e. The second-order valence-electron chi connectivity index (χ2n) is 8.49. The quantitative estimate of drug-likeness (QED) is 0.298. The molecule has 0 amide bonds. The van der Waals surface area contributed by atoms with Gasteiger partial charge < -0.3 is 0 Å². The highest BCUT2D eigenvalue weighted by Crippen LogP contribution is 2.15. The summed E-state index contributed by atoms with van der Waals surface area (Å²) in [7, 11) is 5.50. The van der Waals surface area contributed by atoms with E-state index in [1.54, 1.807) is 6.92 Å². The Morgan fingerprint density at radius 1 is 0.750 bits per heavy atom. The van der Waals surface area contributed by atoms with E-state index in [0.717, 1.165) is 18.3 Å². The number of carbonyl (C=O) groups is 2. The van der Waals surface area contributed by atoms with E-state index in [0.29, 0.717) is 0 Å². The van der Waals surface area contributed by atoms with Crippen molar-refractivity contribution in [3.63, 3.8) is 0 Å². The number of rotatable bonds is 6. The van der Waals surface area contributed by atoms with Gasteiger partial charge in [0.1, 0.15) is 11.4 Å². The Labute approximate surface area is 201 Å². The molecule has 0 saturated heterocycles. The van der Waals surface area contributed by atoms with E-state index in [1.807, 2.05) is 0 Å². The van der Waals surface area contributed by atoms with Gasteiger partial charge in [-0.3, -0.25) is 37.4 Å². The maximum atomic E-state index is 12.9. The van der Waals surface area contributed by atoms with Gasteiger partial charge in [0.2, 0.25) is 0 Å². The zero-order chi connectivity index (χ0) is 26.5. The van der Waals surface area contributed by atoms with Crippen LogP contribution in [0.3, 0.4) is 0 Å². The van der Waals surface area contributed by atoms with Crippen molar-refractivity contribution in [2.45, 2.75) is 19.8 Å². The topological polar surface area (TPSA) is 174 Å². The van der Waals surface area contributed by atoms with Gasteiger partial charge >= 0.3 is 11.4 Å². The van der Waals surface area contributed by atoms with Gasteiger partial charge in [0.15, 0.2) is 33.9 Å². The van der Waals surface area contributed by atoms with Gasteiger partial charge in [-0.2, -0.15) is 0 Å². The van der Waals surface area contributed by atoms with E-state index in [-0.39, 0.29) is 46.6 Å². The van der Waals surface area contributed by atoms with Crippen molar-refractivity contribution in [3.8, 4) is 0 Å². The predicted octanol–water partition coefficient (Wildman–Crippen LogP) is -1.15. The first-order chi connectivity index (χ1) is 16.9. The Morgan fingerprint density at radius 2 is 1.19 bits per heavy atom. The highest BCUT2D eigenvalue weighted by Gasteiger charge is 2.22. The third kappa shape index (κ3) is 3.85.